The molecule has 0 saturated carbocycles. The van der Waals surface area contributed by atoms with Crippen LogP contribution in [-0.2, 0) is 4.79 Å². The van der Waals surface area contributed by atoms with Crippen molar-refractivity contribution in [3.63, 3.8) is 0 Å². The van der Waals surface area contributed by atoms with Crippen LogP contribution in [0.25, 0.3) is 0 Å². The monoisotopic (exact) mass is 162 g/mol. The van der Waals surface area contributed by atoms with E-state index >= 15 is 0 Å². The minimum absolute atomic E-state index is 0.0908. The third-order valence-electron chi connectivity index (χ3n) is 1.64. The molecule has 0 rings (SSSR count). The standard InChI is InChI=1S/C11H14O/c1-3-5-6-7-8-9-10-11(12)4-2/h1-2H,5-10H2. The zero-order chi connectivity index (χ0) is 9.23. The number of unbranched alkanes of at least 4 members (excludes halogenated alkanes) is 4. The molecule has 0 aromatic rings. The van der Waals surface area contributed by atoms with Gasteiger partial charge in [-0.05, 0) is 18.8 Å². The van der Waals surface area contributed by atoms with Gasteiger partial charge in [-0.15, -0.1) is 18.8 Å². The quantitative estimate of drug-likeness (QED) is 0.332. The molecule has 1 nitrogen and oxygen atoms in total. The summed E-state index contributed by atoms with van der Waals surface area (Å²) >= 11 is 0. The number of carbonyl (C=O) groups is 1. The van der Waals surface area contributed by atoms with Crippen molar-refractivity contribution >= 4 is 5.78 Å². The van der Waals surface area contributed by atoms with Crippen LogP contribution < -0.4 is 0 Å². The molecule has 0 aliphatic heterocycles. The first-order valence-electron chi connectivity index (χ1n) is 4.24. The Kier molecular flexibility index (Phi) is 7.10. The largest absolute Gasteiger partial charge is 0.285 e. The summed E-state index contributed by atoms with van der Waals surface area (Å²) in [5.41, 5.74) is 0. The average molecular weight is 162 g/mol. The molecule has 0 saturated heterocycles. The van der Waals surface area contributed by atoms with E-state index < -0.39 is 0 Å². The molecule has 0 aromatic heterocycles. The molecule has 0 amide bonds. The van der Waals surface area contributed by atoms with E-state index in [9.17, 15) is 4.79 Å². The lowest BCUT2D eigenvalue weighted by Crippen LogP contribution is -1.91. The number of rotatable bonds is 6. The van der Waals surface area contributed by atoms with E-state index in [0.29, 0.717) is 6.42 Å². The summed E-state index contributed by atoms with van der Waals surface area (Å²) in [5.74, 6) is 4.58. The third kappa shape index (κ3) is 6.90. The molecule has 12 heavy (non-hydrogen) atoms. The van der Waals surface area contributed by atoms with Crippen molar-refractivity contribution in [2.24, 2.45) is 0 Å². The van der Waals surface area contributed by atoms with Gasteiger partial charge in [0, 0.05) is 12.8 Å². The van der Waals surface area contributed by atoms with Crippen LogP contribution in [-0.4, -0.2) is 5.78 Å². The summed E-state index contributed by atoms with van der Waals surface area (Å²) in [5, 5.41) is 0. The van der Waals surface area contributed by atoms with E-state index in [1.54, 1.807) is 0 Å². The van der Waals surface area contributed by atoms with E-state index in [4.69, 9.17) is 12.8 Å². The highest BCUT2D eigenvalue weighted by Gasteiger charge is 1.95. The van der Waals surface area contributed by atoms with Crippen molar-refractivity contribution in [2.75, 3.05) is 0 Å². The zero-order valence-corrected chi connectivity index (χ0v) is 7.31. The van der Waals surface area contributed by atoms with Crippen molar-refractivity contribution in [3.8, 4) is 24.7 Å². The third-order valence-corrected chi connectivity index (χ3v) is 1.64. The molecular weight excluding hydrogens is 148 g/mol. The first-order valence-corrected chi connectivity index (χ1v) is 4.24. The SMILES string of the molecule is C#CCCCCCCC(=O)C#C. The maximum Gasteiger partial charge on any atom is 0.205 e. The molecule has 0 radical (unpaired) electrons. The maximum absolute atomic E-state index is 10.6. The fourth-order valence-corrected chi connectivity index (χ4v) is 0.938. The second-order valence-electron chi connectivity index (χ2n) is 2.69. The summed E-state index contributed by atoms with van der Waals surface area (Å²) < 4.78 is 0. The van der Waals surface area contributed by atoms with Crippen LogP contribution in [0.5, 0.6) is 0 Å². The van der Waals surface area contributed by atoms with Crippen LogP contribution in [0.1, 0.15) is 38.5 Å². The van der Waals surface area contributed by atoms with E-state index in [1.807, 2.05) is 0 Å². The molecule has 64 valence electrons. The fraction of sp³-hybridized carbons (Fsp3) is 0.545. The number of Topliss-reactive ketones (excluding diaryl/α,β-unsaturated/α-hetero) is 1. The van der Waals surface area contributed by atoms with Crippen molar-refractivity contribution in [2.45, 2.75) is 38.5 Å². The number of ketones is 1. The van der Waals surface area contributed by atoms with Gasteiger partial charge in [-0.1, -0.05) is 12.8 Å². The Morgan fingerprint density at radius 1 is 1.08 bits per heavy atom. The van der Waals surface area contributed by atoms with Gasteiger partial charge in [-0.3, -0.25) is 4.79 Å². The number of hydrogen-bond acceptors (Lipinski definition) is 1. The topological polar surface area (TPSA) is 17.1 Å². The van der Waals surface area contributed by atoms with E-state index in [2.05, 4.69) is 11.8 Å². The first-order chi connectivity index (χ1) is 5.81. The predicted molar refractivity (Wildman–Crippen MR) is 50.4 cm³/mol. The Morgan fingerprint density at radius 3 is 2.33 bits per heavy atom. The van der Waals surface area contributed by atoms with Crippen LogP contribution in [0.15, 0.2) is 0 Å². The highest BCUT2D eigenvalue weighted by molar-refractivity contribution is 5.94. The summed E-state index contributed by atoms with van der Waals surface area (Å²) in [7, 11) is 0. The summed E-state index contributed by atoms with van der Waals surface area (Å²) in [6, 6.07) is 0. The number of terminal acetylenes is 2. The second kappa shape index (κ2) is 7.89. The highest BCUT2D eigenvalue weighted by Crippen LogP contribution is 2.04. The van der Waals surface area contributed by atoms with Crippen LogP contribution in [0.4, 0.5) is 0 Å². The fourth-order valence-electron chi connectivity index (χ4n) is 0.938. The molecular formula is C11H14O. The first kappa shape index (κ1) is 10.8. The van der Waals surface area contributed by atoms with Crippen LogP contribution in [0.3, 0.4) is 0 Å². The normalized spacial score (nSPS) is 8.50. The molecule has 1 heteroatoms. The summed E-state index contributed by atoms with van der Waals surface area (Å²) in [4.78, 5) is 10.6. The molecule has 0 atom stereocenters. The Labute approximate surface area is 74.5 Å². The van der Waals surface area contributed by atoms with Crippen molar-refractivity contribution in [1.82, 2.24) is 0 Å². The van der Waals surface area contributed by atoms with Gasteiger partial charge in [0.1, 0.15) is 0 Å². The lowest BCUT2D eigenvalue weighted by molar-refractivity contribution is -0.113. The average Bonchev–Trinajstić information content (AvgIpc) is 2.10. The van der Waals surface area contributed by atoms with Crippen LogP contribution in [0, 0.1) is 24.7 Å². The Morgan fingerprint density at radius 2 is 1.75 bits per heavy atom. The highest BCUT2D eigenvalue weighted by atomic mass is 16.1. The van der Waals surface area contributed by atoms with Gasteiger partial charge in [-0.25, -0.2) is 0 Å². The van der Waals surface area contributed by atoms with Crippen molar-refractivity contribution in [1.29, 1.82) is 0 Å². The Bertz CT molecular complexity index is 202. The molecule has 0 N–H and O–H groups in total. The van der Waals surface area contributed by atoms with Gasteiger partial charge >= 0.3 is 0 Å². The van der Waals surface area contributed by atoms with Crippen molar-refractivity contribution < 1.29 is 4.79 Å². The molecule has 0 fully saturated rings. The second-order valence-corrected chi connectivity index (χ2v) is 2.69. The summed E-state index contributed by atoms with van der Waals surface area (Å²) in [6.07, 6.45) is 15.5. The lowest BCUT2D eigenvalue weighted by atomic mass is 10.1. The Balaban J connectivity index is 3.08. The molecule has 0 spiro atoms. The van der Waals surface area contributed by atoms with Gasteiger partial charge in [0.25, 0.3) is 0 Å². The lowest BCUT2D eigenvalue weighted by Gasteiger charge is -1.95. The van der Waals surface area contributed by atoms with E-state index in [0.717, 1.165) is 32.1 Å². The van der Waals surface area contributed by atoms with Gasteiger partial charge in [0.15, 0.2) is 0 Å². The predicted octanol–water partition coefficient (Wildman–Crippen LogP) is 2.16. The molecule has 0 bridgehead atoms. The minimum atomic E-state index is -0.0908. The van der Waals surface area contributed by atoms with Gasteiger partial charge < -0.3 is 0 Å². The van der Waals surface area contributed by atoms with Crippen LogP contribution in [0.2, 0.25) is 0 Å². The number of carbonyl (C=O) groups excluding carboxylic acids is 1. The van der Waals surface area contributed by atoms with Crippen LogP contribution >= 0.6 is 0 Å². The smallest absolute Gasteiger partial charge is 0.205 e. The molecule has 0 aliphatic carbocycles. The molecule has 0 aromatic carbocycles. The van der Waals surface area contributed by atoms with Crippen molar-refractivity contribution in [3.05, 3.63) is 0 Å². The zero-order valence-electron chi connectivity index (χ0n) is 7.31. The molecule has 0 aliphatic rings. The van der Waals surface area contributed by atoms with Gasteiger partial charge in [-0.2, -0.15) is 0 Å². The summed E-state index contributed by atoms with van der Waals surface area (Å²) in [6.45, 7) is 0. The van der Waals surface area contributed by atoms with Gasteiger partial charge in [0.2, 0.25) is 5.78 Å². The Hall–Kier alpha value is -1.21. The molecule has 0 heterocycles. The van der Waals surface area contributed by atoms with Gasteiger partial charge in [0.05, 0.1) is 0 Å². The van der Waals surface area contributed by atoms with E-state index in [-0.39, 0.29) is 5.78 Å². The minimum Gasteiger partial charge on any atom is -0.285 e. The molecule has 0 unspecified atom stereocenters. The maximum atomic E-state index is 10.6. The van der Waals surface area contributed by atoms with E-state index in [1.165, 1.54) is 0 Å². The number of hydrogen-bond donors (Lipinski definition) is 0.